The van der Waals surface area contributed by atoms with Crippen LogP contribution in [0, 0.1) is 0 Å². The predicted octanol–water partition coefficient (Wildman–Crippen LogP) is 2.51. The van der Waals surface area contributed by atoms with Crippen LogP contribution in [0.4, 0.5) is 17.2 Å². The number of unbranched alkanes of at least 4 members (excludes halogenated alkanes) is 1. The normalized spacial score (nSPS) is 12.6. The number of anilines is 3. The van der Waals surface area contributed by atoms with Crippen LogP contribution in [0.5, 0.6) is 0 Å². The molecular weight excluding hydrogens is 418 g/mol. The summed E-state index contributed by atoms with van der Waals surface area (Å²) in [5, 5.41) is 0. The molecule has 8 nitrogen and oxygen atoms in total. The van der Waals surface area contributed by atoms with Gasteiger partial charge in [0.15, 0.2) is 0 Å². The van der Waals surface area contributed by atoms with Crippen LogP contribution in [0.15, 0.2) is 64.2 Å². The first kappa shape index (κ1) is 22.4. The van der Waals surface area contributed by atoms with Crippen molar-refractivity contribution >= 4 is 23.1 Å². The quantitative estimate of drug-likeness (QED) is 0.552. The van der Waals surface area contributed by atoms with E-state index in [2.05, 4.69) is 4.98 Å². The van der Waals surface area contributed by atoms with Gasteiger partial charge in [0.2, 0.25) is 5.91 Å². The van der Waals surface area contributed by atoms with E-state index in [9.17, 15) is 14.4 Å². The number of nitrogens with one attached hydrogen (secondary N) is 1. The van der Waals surface area contributed by atoms with Crippen LogP contribution in [0.2, 0.25) is 0 Å². The fraction of sp³-hybridized carbons (Fsp3) is 0.320. The van der Waals surface area contributed by atoms with Crippen molar-refractivity contribution in [2.75, 3.05) is 28.6 Å². The molecule has 1 aromatic heterocycles. The van der Waals surface area contributed by atoms with Crippen LogP contribution in [0.25, 0.3) is 0 Å². The van der Waals surface area contributed by atoms with Crippen molar-refractivity contribution in [3.05, 3.63) is 86.6 Å². The summed E-state index contributed by atoms with van der Waals surface area (Å²) < 4.78 is 1.38. The van der Waals surface area contributed by atoms with Gasteiger partial charge in [-0.15, -0.1) is 0 Å². The highest BCUT2D eigenvalue weighted by Gasteiger charge is 2.28. The Labute approximate surface area is 192 Å². The Morgan fingerprint density at radius 1 is 1.09 bits per heavy atom. The van der Waals surface area contributed by atoms with E-state index in [4.69, 9.17) is 5.73 Å². The zero-order valence-corrected chi connectivity index (χ0v) is 18.8. The number of aromatic amines is 1. The Hall–Kier alpha value is -3.81. The number of carbonyl (C=O) groups excluding carboxylic acids is 1. The van der Waals surface area contributed by atoms with Gasteiger partial charge in [-0.2, -0.15) is 0 Å². The maximum absolute atomic E-state index is 13.4. The summed E-state index contributed by atoms with van der Waals surface area (Å²) in [7, 11) is 0. The Bertz CT molecular complexity index is 1250. The van der Waals surface area contributed by atoms with Crippen LogP contribution >= 0.6 is 0 Å². The minimum absolute atomic E-state index is 0.0392. The summed E-state index contributed by atoms with van der Waals surface area (Å²) >= 11 is 0. The predicted molar refractivity (Wildman–Crippen MR) is 131 cm³/mol. The summed E-state index contributed by atoms with van der Waals surface area (Å²) in [6, 6.07) is 17.4. The van der Waals surface area contributed by atoms with Crippen molar-refractivity contribution in [1.82, 2.24) is 9.55 Å². The van der Waals surface area contributed by atoms with E-state index in [1.165, 1.54) is 4.57 Å². The van der Waals surface area contributed by atoms with Gasteiger partial charge in [-0.1, -0.05) is 61.9 Å². The Balaban J connectivity index is 1.71. The second-order valence-electron chi connectivity index (χ2n) is 8.26. The van der Waals surface area contributed by atoms with Crippen molar-refractivity contribution < 1.29 is 4.79 Å². The van der Waals surface area contributed by atoms with E-state index in [1.54, 1.807) is 9.80 Å². The number of amides is 1. The Kier molecular flexibility index (Phi) is 6.63. The highest BCUT2D eigenvalue weighted by atomic mass is 16.2. The lowest BCUT2D eigenvalue weighted by Crippen LogP contribution is -2.44. The monoisotopic (exact) mass is 447 g/mol. The first-order valence-corrected chi connectivity index (χ1v) is 11.3. The average molecular weight is 448 g/mol. The van der Waals surface area contributed by atoms with Gasteiger partial charge in [0.25, 0.3) is 5.56 Å². The molecule has 1 amide bonds. The Morgan fingerprint density at radius 2 is 1.82 bits per heavy atom. The van der Waals surface area contributed by atoms with E-state index in [-0.39, 0.29) is 24.0 Å². The number of H-pyrrole nitrogens is 1. The molecule has 1 aliphatic heterocycles. The second-order valence-corrected chi connectivity index (χ2v) is 8.26. The Morgan fingerprint density at radius 3 is 2.58 bits per heavy atom. The van der Waals surface area contributed by atoms with E-state index >= 15 is 0 Å². The molecule has 0 radical (unpaired) electrons. The molecule has 0 saturated heterocycles. The molecule has 172 valence electrons. The minimum atomic E-state index is -0.587. The highest BCUT2D eigenvalue weighted by Crippen LogP contribution is 2.28. The zero-order chi connectivity index (χ0) is 23.4. The molecule has 0 bridgehead atoms. The van der Waals surface area contributed by atoms with Gasteiger partial charge in [-0.05, 0) is 30.0 Å². The molecule has 8 heteroatoms. The second kappa shape index (κ2) is 9.77. The van der Waals surface area contributed by atoms with Gasteiger partial charge >= 0.3 is 5.69 Å². The number of nitrogens with zero attached hydrogens (tertiary/aromatic N) is 3. The third kappa shape index (κ3) is 4.69. The standard InChI is InChI=1S/C25H29N5O3/c1-2-3-14-30-23(26)22(24(32)27-25(30)33)28(16-18-9-5-4-6-10-18)17-21(31)29-15-13-19-11-7-8-12-20(19)29/h4-12H,2-3,13-17,26H2,1H3,(H,27,32,33). The van der Waals surface area contributed by atoms with Gasteiger partial charge < -0.3 is 15.5 Å². The lowest BCUT2D eigenvalue weighted by molar-refractivity contribution is -0.117. The van der Waals surface area contributed by atoms with E-state index in [0.717, 1.165) is 36.1 Å². The molecule has 4 rings (SSSR count). The van der Waals surface area contributed by atoms with E-state index < -0.39 is 11.2 Å². The topological polar surface area (TPSA) is 104 Å². The summed E-state index contributed by atoms with van der Waals surface area (Å²) in [6.45, 7) is 3.28. The van der Waals surface area contributed by atoms with Crippen LogP contribution in [0.1, 0.15) is 30.9 Å². The fourth-order valence-corrected chi connectivity index (χ4v) is 4.28. The SMILES string of the molecule is CCCCn1c(N)c(N(CC(=O)N2CCc3ccccc32)Cc2ccccc2)c(=O)[nH]c1=O. The van der Waals surface area contributed by atoms with Crippen LogP contribution in [0.3, 0.4) is 0 Å². The van der Waals surface area contributed by atoms with Crippen molar-refractivity contribution in [2.45, 2.75) is 39.3 Å². The molecular formula is C25H29N5O3. The summed E-state index contributed by atoms with van der Waals surface area (Å²) in [5.74, 6) is -0.0382. The molecule has 0 unspecified atom stereocenters. The smallest absolute Gasteiger partial charge is 0.330 e. The molecule has 2 aromatic carbocycles. The van der Waals surface area contributed by atoms with Crippen LogP contribution < -0.4 is 26.8 Å². The third-order valence-corrected chi connectivity index (χ3v) is 6.00. The lowest BCUT2D eigenvalue weighted by Gasteiger charge is -2.28. The van der Waals surface area contributed by atoms with Crippen molar-refractivity contribution in [1.29, 1.82) is 0 Å². The van der Waals surface area contributed by atoms with Gasteiger partial charge in [0.05, 0.1) is 6.54 Å². The molecule has 33 heavy (non-hydrogen) atoms. The fourth-order valence-electron chi connectivity index (χ4n) is 4.28. The number of carbonyl (C=O) groups is 1. The zero-order valence-electron chi connectivity index (χ0n) is 18.8. The van der Waals surface area contributed by atoms with Gasteiger partial charge in [0, 0.05) is 25.3 Å². The highest BCUT2D eigenvalue weighted by molar-refractivity contribution is 5.98. The summed E-state index contributed by atoms with van der Waals surface area (Å²) in [4.78, 5) is 44.5. The number of hydrogen-bond acceptors (Lipinski definition) is 5. The number of para-hydroxylation sites is 1. The molecule has 2 heterocycles. The van der Waals surface area contributed by atoms with Crippen molar-refractivity contribution in [3.63, 3.8) is 0 Å². The number of benzene rings is 2. The van der Waals surface area contributed by atoms with Gasteiger partial charge in [-0.25, -0.2) is 4.79 Å². The summed E-state index contributed by atoms with van der Waals surface area (Å²) in [5.41, 5.74) is 8.35. The molecule has 0 aliphatic carbocycles. The van der Waals surface area contributed by atoms with Crippen molar-refractivity contribution in [2.24, 2.45) is 0 Å². The number of aromatic nitrogens is 2. The first-order chi connectivity index (χ1) is 16.0. The number of nitrogen functional groups attached to an aromatic ring is 1. The van der Waals surface area contributed by atoms with Crippen LogP contribution in [-0.2, 0) is 24.3 Å². The third-order valence-electron chi connectivity index (χ3n) is 6.00. The first-order valence-electron chi connectivity index (χ1n) is 11.3. The molecule has 0 saturated carbocycles. The van der Waals surface area contributed by atoms with Gasteiger partial charge in [0.1, 0.15) is 11.5 Å². The number of fused-ring (bicyclic) bond motifs is 1. The van der Waals surface area contributed by atoms with Gasteiger partial charge in [-0.3, -0.25) is 19.1 Å². The minimum Gasteiger partial charge on any atom is -0.383 e. The largest absolute Gasteiger partial charge is 0.383 e. The van der Waals surface area contributed by atoms with E-state index in [0.29, 0.717) is 19.6 Å². The summed E-state index contributed by atoms with van der Waals surface area (Å²) in [6.07, 6.45) is 2.42. The lowest BCUT2D eigenvalue weighted by atomic mass is 10.2. The molecule has 3 aromatic rings. The molecule has 0 atom stereocenters. The van der Waals surface area contributed by atoms with E-state index in [1.807, 2.05) is 61.5 Å². The maximum Gasteiger partial charge on any atom is 0.330 e. The van der Waals surface area contributed by atoms with Crippen LogP contribution in [-0.4, -0.2) is 28.5 Å². The number of hydrogen-bond donors (Lipinski definition) is 2. The number of rotatable bonds is 8. The molecule has 3 N–H and O–H groups in total. The van der Waals surface area contributed by atoms with Crippen molar-refractivity contribution in [3.8, 4) is 0 Å². The average Bonchev–Trinajstić information content (AvgIpc) is 3.24. The molecule has 0 spiro atoms. The molecule has 1 aliphatic rings. The molecule has 0 fully saturated rings. The number of nitrogens with two attached hydrogens (primary N) is 1. The maximum atomic E-state index is 13.4.